The van der Waals surface area contributed by atoms with Crippen LogP contribution >= 0.6 is 11.3 Å². The molecule has 1 aliphatic carbocycles. The minimum Gasteiger partial charge on any atom is -0.295 e. The molecule has 2 heterocycles. The summed E-state index contributed by atoms with van der Waals surface area (Å²) in [4.78, 5) is 14.0. The molecule has 1 fully saturated rings. The molecule has 4 rings (SSSR count). The zero-order valence-electron chi connectivity index (χ0n) is 14.6. The third kappa shape index (κ3) is 3.50. The first-order valence-electron chi connectivity index (χ1n) is 8.85. The number of benzene rings is 1. The molecule has 8 heteroatoms. The van der Waals surface area contributed by atoms with Crippen molar-refractivity contribution in [1.29, 1.82) is 0 Å². The molecule has 26 heavy (non-hydrogen) atoms. The highest BCUT2D eigenvalue weighted by Gasteiger charge is 2.22. The molecule has 0 bridgehead atoms. The van der Waals surface area contributed by atoms with Gasteiger partial charge in [-0.2, -0.15) is 9.90 Å². The molecule has 0 spiro atoms. The number of hydrogen-bond acceptors (Lipinski definition) is 6. The Labute approximate surface area is 155 Å². The average Bonchev–Trinajstić information content (AvgIpc) is 3.30. The maximum Gasteiger partial charge on any atom is 0.279 e. The van der Waals surface area contributed by atoms with E-state index in [4.69, 9.17) is 0 Å². The molecule has 0 aliphatic heterocycles. The molecule has 0 radical (unpaired) electrons. The predicted octanol–water partition coefficient (Wildman–Crippen LogP) is 3.73. The van der Waals surface area contributed by atoms with Crippen molar-refractivity contribution in [3.05, 3.63) is 46.7 Å². The monoisotopic (exact) mass is 368 g/mol. The van der Waals surface area contributed by atoms with E-state index in [0.29, 0.717) is 22.4 Å². The van der Waals surface area contributed by atoms with Crippen LogP contribution < -0.4 is 5.32 Å². The average molecular weight is 368 g/mol. The number of aromatic nitrogens is 5. The van der Waals surface area contributed by atoms with Crippen LogP contribution in [0.4, 0.5) is 5.13 Å². The minimum atomic E-state index is -0.309. The molecule has 1 amide bonds. The largest absolute Gasteiger partial charge is 0.295 e. The molecular weight excluding hydrogens is 348 g/mol. The first-order chi connectivity index (χ1) is 12.7. The van der Waals surface area contributed by atoms with Gasteiger partial charge < -0.3 is 0 Å². The highest BCUT2D eigenvalue weighted by atomic mass is 32.1. The molecule has 0 atom stereocenters. The number of amides is 1. The van der Waals surface area contributed by atoms with Gasteiger partial charge in [-0.3, -0.25) is 10.1 Å². The van der Waals surface area contributed by atoms with Crippen molar-refractivity contribution in [2.45, 2.75) is 44.9 Å². The van der Waals surface area contributed by atoms with Crippen LogP contribution in [-0.4, -0.2) is 31.1 Å². The van der Waals surface area contributed by atoms with Crippen molar-refractivity contribution in [2.75, 3.05) is 5.32 Å². The van der Waals surface area contributed by atoms with E-state index < -0.39 is 0 Å². The molecule has 3 aromatic rings. The maximum atomic E-state index is 12.6. The van der Waals surface area contributed by atoms with Gasteiger partial charge in [0.2, 0.25) is 5.13 Å². The molecule has 1 saturated carbocycles. The highest BCUT2D eigenvalue weighted by molar-refractivity contribution is 7.15. The maximum absolute atomic E-state index is 12.6. The lowest BCUT2D eigenvalue weighted by molar-refractivity contribution is 0.102. The van der Waals surface area contributed by atoms with Crippen molar-refractivity contribution >= 4 is 22.4 Å². The number of aryl methyl sites for hydroxylation is 1. The standard InChI is InChI=1S/C18H20N6OS/c1-12-15(23-24(22-12)14-10-6-3-7-11-14)16(25)19-18-21-20-17(26-18)13-8-4-2-5-9-13/h3,6-7,10-11,13H,2,4-5,8-9H2,1H3,(H,19,21,25). The lowest BCUT2D eigenvalue weighted by atomic mass is 9.90. The summed E-state index contributed by atoms with van der Waals surface area (Å²) in [6.07, 6.45) is 6.11. The molecule has 0 unspecified atom stereocenters. The van der Waals surface area contributed by atoms with Gasteiger partial charge in [-0.05, 0) is 31.9 Å². The smallest absolute Gasteiger partial charge is 0.279 e. The number of carbonyl (C=O) groups is 1. The van der Waals surface area contributed by atoms with E-state index in [1.807, 2.05) is 30.3 Å². The fraction of sp³-hybridized carbons (Fsp3) is 0.389. The van der Waals surface area contributed by atoms with Crippen LogP contribution in [0.25, 0.3) is 5.69 Å². The summed E-state index contributed by atoms with van der Waals surface area (Å²) in [5.41, 5.74) is 1.68. The van der Waals surface area contributed by atoms with E-state index in [-0.39, 0.29) is 5.91 Å². The Morgan fingerprint density at radius 3 is 2.65 bits per heavy atom. The molecule has 0 saturated heterocycles. The van der Waals surface area contributed by atoms with Crippen LogP contribution in [0.5, 0.6) is 0 Å². The Hall–Kier alpha value is -2.61. The molecule has 7 nitrogen and oxygen atoms in total. The van der Waals surface area contributed by atoms with E-state index in [1.165, 1.54) is 35.4 Å². The second-order valence-corrected chi connectivity index (χ2v) is 7.50. The lowest BCUT2D eigenvalue weighted by Gasteiger charge is -2.18. The van der Waals surface area contributed by atoms with Gasteiger partial charge in [-0.15, -0.1) is 15.3 Å². The zero-order valence-corrected chi connectivity index (χ0v) is 15.4. The Morgan fingerprint density at radius 2 is 1.88 bits per heavy atom. The van der Waals surface area contributed by atoms with Gasteiger partial charge in [0, 0.05) is 5.92 Å². The number of nitrogens with one attached hydrogen (secondary N) is 1. The number of carbonyl (C=O) groups excluding carboxylic acids is 1. The van der Waals surface area contributed by atoms with Gasteiger partial charge in [0.05, 0.1) is 11.4 Å². The minimum absolute atomic E-state index is 0.295. The van der Waals surface area contributed by atoms with Crippen LogP contribution in [-0.2, 0) is 0 Å². The Bertz CT molecular complexity index is 898. The van der Waals surface area contributed by atoms with Gasteiger partial charge in [0.15, 0.2) is 5.69 Å². The molecule has 1 aliphatic rings. The summed E-state index contributed by atoms with van der Waals surface area (Å²) >= 11 is 1.46. The molecule has 1 N–H and O–H groups in total. The fourth-order valence-corrected chi connectivity index (χ4v) is 4.13. The van der Waals surface area contributed by atoms with Crippen LogP contribution in [0.3, 0.4) is 0 Å². The van der Waals surface area contributed by atoms with E-state index >= 15 is 0 Å². The summed E-state index contributed by atoms with van der Waals surface area (Å²) in [5, 5.41) is 21.4. The summed E-state index contributed by atoms with van der Waals surface area (Å²) in [5.74, 6) is 0.170. The Kier molecular flexibility index (Phi) is 4.75. The molecule has 2 aromatic heterocycles. The third-order valence-electron chi connectivity index (χ3n) is 4.60. The summed E-state index contributed by atoms with van der Waals surface area (Å²) in [6, 6.07) is 9.51. The quantitative estimate of drug-likeness (QED) is 0.758. The van der Waals surface area contributed by atoms with Gasteiger partial charge in [0.1, 0.15) is 5.01 Å². The summed E-state index contributed by atoms with van der Waals surface area (Å²) < 4.78 is 0. The van der Waals surface area contributed by atoms with Crippen molar-refractivity contribution < 1.29 is 4.79 Å². The fourth-order valence-electron chi connectivity index (χ4n) is 3.22. The van der Waals surface area contributed by atoms with Crippen molar-refractivity contribution in [2.24, 2.45) is 0 Å². The first kappa shape index (κ1) is 16.8. The van der Waals surface area contributed by atoms with E-state index in [1.54, 1.807) is 6.92 Å². The molecular formula is C18H20N6OS. The van der Waals surface area contributed by atoms with E-state index in [9.17, 15) is 4.79 Å². The van der Waals surface area contributed by atoms with Gasteiger partial charge >= 0.3 is 0 Å². The normalized spacial score (nSPS) is 15.1. The van der Waals surface area contributed by atoms with Crippen molar-refractivity contribution in [3.63, 3.8) is 0 Å². The highest BCUT2D eigenvalue weighted by Crippen LogP contribution is 2.35. The number of anilines is 1. The number of rotatable bonds is 4. The molecule has 1 aromatic carbocycles. The van der Waals surface area contributed by atoms with Crippen LogP contribution in [0.1, 0.15) is 59.2 Å². The van der Waals surface area contributed by atoms with Crippen LogP contribution in [0.15, 0.2) is 30.3 Å². The number of hydrogen-bond donors (Lipinski definition) is 1. The zero-order chi connectivity index (χ0) is 17.9. The molecule has 134 valence electrons. The Balaban J connectivity index is 1.48. The Morgan fingerprint density at radius 1 is 1.12 bits per heavy atom. The van der Waals surface area contributed by atoms with Crippen molar-refractivity contribution in [3.8, 4) is 5.69 Å². The second kappa shape index (κ2) is 7.33. The third-order valence-corrected chi connectivity index (χ3v) is 5.60. The summed E-state index contributed by atoms with van der Waals surface area (Å²) in [7, 11) is 0. The predicted molar refractivity (Wildman–Crippen MR) is 99.8 cm³/mol. The van der Waals surface area contributed by atoms with Gasteiger partial charge in [0.25, 0.3) is 5.91 Å². The van der Waals surface area contributed by atoms with Crippen molar-refractivity contribution in [1.82, 2.24) is 25.2 Å². The topological polar surface area (TPSA) is 85.6 Å². The van der Waals surface area contributed by atoms with E-state index in [2.05, 4.69) is 25.7 Å². The SMILES string of the molecule is Cc1nn(-c2ccccc2)nc1C(=O)Nc1nnc(C2CCCCC2)s1. The van der Waals surface area contributed by atoms with E-state index in [0.717, 1.165) is 23.5 Å². The van der Waals surface area contributed by atoms with Gasteiger partial charge in [-0.1, -0.05) is 48.8 Å². The summed E-state index contributed by atoms with van der Waals surface area (Å²) in [6.45, 7) is 1.77. The first-order valence-corrected chi connectivity index (χ1v) is 9.66. The lowest BCUT2D eigenvalue weighted by Crippen LogP contribution is -2.14. The van der Waals surface area contributed by atoms with Crippen LogP contribution in [0, 0.1) is 6.92 Å². The van der Waals surface area contributed by atoms with Gasteiger partial charge in [-0.25, -0.2) is 0 Å². The van der Waals surface area contributed by atoms with Crippen LogP contribution in [0.2, 0.25) is 0 Å². The number of nitrogens with zero attached hydrogens (tertiary/aromatic N) is 5. The second-order valence-electron chi connectivity index (χ2n) is 6.49. The number of para-hydroxylation sites is 1.